The monoisotopic (exact) mass is 288 g/mol. The van der Waals surface area contributed by atoms with Gasteiger partial charge in [0, 0.05) is 11.1 Å². The summed E-state index contributed by atoms with van der Waals surface area (Å²) in [5.74, 6) is 0.158. The average Bonchev–Trinajstić information content (AvgIpc) is 2.49. The number of rotatable bonds is 4. The summed E-state index contributed by atoms with van der Waals surface area (Å²) < 4.78 is 19.1. The lowest BCUT2D eigenvalue weighted by Crippen LogP contribution is -2.17. The van der Waals surface area contributed by atoms with Crippen LogP contribution < -0.4 is 10.5 Å². The molecule has 0 spiro atoms. The van der Waals surface area contributed by atoms with Gasteiger partial charge in [-0.25, -0.2) is 4.39 Å². The first kappa shape index (κ1) is 14.8. The molecule has 0 amide bonds. The molecule has 0 aliphatic heterocycles. The molecular weight excluding hydrogens is 271 g/mol. The third-order valence-electron chi connectivity index (χ3n) is 3.39. The van der Waals surface area contributed by atoms with Crippen LogP contribution in [0.4, 0.5) is 4.39 Å². The Labute approximate surface area is 122 Å². The van der Waals surface area contributed by atoms with E-state index < -0.39 is 5.82 Å². The highest BCUT2D eigenvalue weighted by atomic mass is 19.1. The van der Waals surface area contributed by atoms with Crippen LogP contribution in [0.2, 0.25) is 0 Å². The third kappa shape index (κ3) is 3.31. The van der Waals surface area contributed by atoms with Crippen molar-refractivity contribution in [2.24, 2.45) is 10.9 Å². The van der Waals surface area contributed by atoms with Gasteiger partial charge in [-0.1, -0.05) is 23.4 Å². The smallest absolute Gasteiger partial charge is 0.170 e. The lowest BCUT2D eigenvalue weighted by Gasteiger charge is -2.13. The number of amidine groups is 1. The summed E-state index contributed by atoms with van der Waals surface area (Å²) in [5.41, 5.74) is 8.71. The molecular formula is C16H17FN2O2. The lowest BCUT2D eigenvalue weighted by atomic mass is 10.1. The molecule has 0 radical (unpaired) electrons. The van der Waals surface area contributed by atoms with Crippen molar-refractivity contribution in [2.45, 2.75) is 20.5 Å². The van der Waals surface area contributed by atoms with Crippen LogP contribution in [-0.2, 0) is 6.61 Å². The number of aryl methyl sites for hydroxylation is 1. The van der Waals surface area contributed by atoms with Crippen LogP contribution in [-0.4, -0.2) is 11.0 Å². The van der Waals surface area contributed by atoms with Crippen LogP contribution in [0.1, 0.15) is 22.3 Å². The topological polar surface area (TPSA) is 67.8 Å². The van der Waals surface area contributed by atoms with Gasteiger partial charge in [0.15, 0.2) is 5.84 Å². The second-order valence-corrected chi connectivity index (χ2v) is 4.77. The second-order valence-electron chi connectivity index (χ2n) is 4.77. The lowest BCUT2D eigenvalue weighted by molar-refractivity contribution is 0.302. The van der Waals surface area contributed by atoms with E-state index in [1.807, 2.05) is 32.0 Å². The van der Waals surface area contributed by atoms with E-state index in [0.29, 0.717) is 11.1 Å². The van der Waals surface area contributed by atoms with Crippen molar-refractivity contribution < 1.29 is 14.3 Å². The minimum absolute atomic E-state index is 0.144. The fourth-order valence-electron chi connectivity index (χ4n) is 2.00. The van der Waals surface area contributed by atoms with Gasteiger partial charge >= 0.3 is 0 Å². The Morgan fingerprint density at radius 2 is 2.05 bits per heavy atom. The van der Waals surface area contributed by atoms with E-state index in [4.69, 9.17) is 15.7 Å². The highest BCUT2D eigenvalue weighted by molar-refractivity contribution is 5.98. The highest BCUT2D eigenvalue weighted by Gasteiger charge is 2.10. The largest absolute Gasteiger partial charge is 0.489 e. The Morgan fingerprint density at radius 1 is 1.29 bits per heavy atom. The van der Waals surface area contributed by atoms with Crippen LogP contribution in [0, 0.1) is 19.7 Å². The number of oxime groups is 1. The number of nitrogens with zero attached hydrogens (tertiary/aromatic N) is 1. The summed E-state index contributed by atoms with van der Waals surface area (Å²) in [6, 6.07) is 9.88. The summed E-state index contributed by atoms with van der Waals surface area (Å²) in [6.07, 6.45) is 0. The molecule has 21 heavy (non-hydrogen) atoms. The van der Waals surface area contributed by atoms with Gasteiger partial charge < -0.3 is 15.7 Å². The SMILES string of the molecule is Cc1cccc(OCc2ccc(F)cc2C(N)=NO)c1C. The zero-order valence-electron chi connectivity index (χ0n) is 11.9. The quantitative estimate of drug-likeness (QED) is 0.393. The Hall–Kier alpha value is -2.56. The van der Waals surface area contributed by atoms with Gasteiger partial charge in [-0.3, -0.25) is 0 Å². The zero-order valence-corrected chi connectivity index (χ0v) is 11.9. The van der Waals surface area contributed by atoms with Crippen molar-refractivity contribution in [3.8, 4) is 5.75 Å². The number of hydrogen-bond acceptors (Lipinski definition) is 3. The summed E-state index contributed by atoms with van der Waals surface area (Å²) in [4.78, 5) is 0. The molecule has 2 aromatic rings. The number of hydrogen-bond donors (Lipinski definition) is 2. The van der Waals surface area contributed by atoms with E-state index in [1.165, 1.54) is 12.1 Å². The van der Waals surface area contributed by atoms with Crippen LogP contribution in [0.5, 0.6) is 5.75 Å². The maximum absolute atomic E-state index is 13.3. The molecule has 2 aromatic carbocycles. The van der Waals surface area contributed by atoms with E-state index in [2.05, 4.69) is 5.16 Å². The predicted octanol–water partition coefficient (Wildman–Crippen LogP) is 3.12. The predicted molar refractivity (Wildman–Crippen MR) is 79.2 cm³/mol. The van der Waals surface area contributed by atoms with Gasteiger partial charge in [-0.15, -0.1) is 0 Å². The molecule has 0 aromatic heterocycles. The van der Waals surface area contributed by atoms with Crippen molar-refractivity contribution in [2.75, 3.05) is 0 Å². The number of benzene rings is 2. The second kappa shape index (κ2) is 6.26. The van der Waals surface area contributed by atoms with Gasteiger partial charge in [-0.05, 0) is 43.2 Å². The van der Waals surface area contributed by atoms with Gasteiger partial charge in [-0.2, -0.15) is 0 Å². The zero-order chi connectivity index (χ0) is 15.4. The summed E-state index contributed by atoms with van der Waals surface area (Å²) in [6.45, 7) is 4.18. The van der Waals surface area contributed by atoms with E-state index in [0.717, 1.165) is 16.9 Å². The number of ether oxygens (including phenoxy) is 1. The van der Waals surface area contributed by atoms with Gasteiger partial charge in [0.05, 0.1) is 0 Å². The van der Waals surface area contributed by atoms with Crippen LogP contribution >= 0.6 is 0 Å². The molecule has 0 aliphatic carbocycles. The van der Waals surface area contributed by atoms with Gasteiger partial charge in [0.2, 0.25) is 0 Å². The minimum Gasteiger partial charge on any atom is -0.489 e. The standard InChI is InChI=1S/C16H17FN2O2/c1-10-4-3-5-15(11(10)2)21-9-12-6-7-13(17)8-14(12)16(18)19-20/h3-8,20H,9H2,1-2H3,(H2,18,19). The molecule has 0 saturated heterocycles. The molecule has 0 unspecified atom stereocenters. The summed E-state index contributed by atoms with van der Waals surface area (Å²) >= 11 is 0. The molecule has 0 bridgehead atoms. The molecule has 0 heterocycles. The van der Waals surface area contributed by atoms with Gasteiger partial charge in [0.1, 0.15) is 18.2 Å². The van der Waals surface area contributed by atoms with E-state index in [1.54, 1.807) is 6.07 Å². The van der Waals surface area contributed by atoms with Crippen molar-refractivity contribution in [3.05, 3.63) is 64.5 Å². The van der Waals surface area contributed by atoms with E-state index in [-0.39, 0.29) is 12.4 Å². The molecule has 0 saturated carbocycles. The Balaban J connectivity index is 2.26. The van der Waals surface area contributed by atoms with Crippen molar-refractivity contribution in [1.82, 2.24) is 0 Å². The maximum atomic E-state index is 13.3. The van der Waals surface area contributed by atoms with Gasteiger partial charge in [0.25, 0.3) is 0 Å². The van der Waals surface area contributed by atoms with Crippen LogP contribution in [0.25, 0.3) is 0 Å². The molecule has 4 nitrogen and oxygen atoms in total. The highest BCUT2D eigenvalue weighted by Crippen LogP contribution is 2.22. The molecule has 0 aliphatic rings. The van der Waals surface area contributed by atoms with Crippen LogP contribution in [0.3, 0.4) is 0 Å². The van der Waals surface area contributed by atoms with Crippen molar-refractivity contribution in [1.29, 1.82) is 0 Å². The Kier molecular flexibility index (Phi) is 4.42. The summed E-state index contributed by atoms with van der Waals surface area (Å²) in [7, 11) is 0. The fraction of sp³-hybridized carbons (Fsp3) is 0.188. The van der Waals surface area contributed by atoms with E-state index in [9.17, 15) is 4.39 Å². The van der Waals surface area contributed by atoms with Crippen molar-refractivity contribution in [3.63, 3.8) is 0 Å². The average molecular weight is 288 g/mol. The fourth-order valence-corrected chi connectivity index (χ4v) is 2.00. The summed E-state index contributed by atoms with van der Waals surface area (Å²) in [5, 5.41) is 11.7. The molecule has 3 N–H and O–H groups in total. The maximum Gasteiger partial charge on any atom is 0.170 e. The molecule has 0 fully saturated rings. The van der Waals surface area contributed by atoms with Crippen molar-refractivity contribution >= 4 is 5.84 Å². The van der Waals surface area contributed by atoms with Crippen LogP contribution in [0.15, 0.2) is 41.6 Å². The van der Waals surface area contributed by atoms with E-state index >= 15 is 0 Å². The third-order valence-corrected chi connectivity index (χ3v) is 3.39. The molecule has 2 rings (SSSR count). The first-order valence-corrected chi connectivity index (χ1v) is 6.48. The number of halogens is 1. The first-order valence-electron chi connectivity index (χ1n) is 6.48. The number of nitrogens with two attached hydrogens (primary N) is 1. The Morgan fingerprint density at radius 3 is 2.76 bits per heavy atom. The first-order chi connectivity index (χ1) is 10.0. The normalized spacial score (nSPS) is 11.5. The minimum atomic E-state index is -0.452. The molecule has 0 atom stereocenters. The Bertz CT molecular complexity index is 684. The molecule has 110 valence electrons. The molecule has 5 heteroatoms.